The SMILES string of the molecule is CCCCCCOC(=O)CN(C)C(=O)c1cccc(Br)c1. The number of esters is 1. The molecule has 116 valence electrons. The summed E-state index contributed by atoms with van der Waals surface area (Å²) in [6, 6.07) is 7.09. The quantitative estimate of drug-likeness (QED) is 0.528. The molecule has 1 amide bonds. The minimum Gasteiger partial charge on any atom is -0.464 e. The minimum atomic E-state index is -0.364. The molecule has 4 nitrogen and oxygen atoms in total. The average molecular weight is 356 g/mol. The van der Waals surface area contributed by atoms with Crippen molar-refractivity contribution in [1.29, 1.82) is 0 Å². The zero-order valence-corrected chi connectivity index (χ0v) is 14.2. The molecule has 0 heterocycles. The van der Waals surface area contributed by atoms with Gasteiger partial charge in [0.25, 0.3) is 5.91 Å². The molecule has 0 fully saturated rings. The second-order valence-corrected chi connectivity index (χ2v) is 5.87. The predicted molar refractivity (Wildman–Crippen MR) is 86.2 cm³/mol. The summed E-state index contributed by atoms with van der Waals surface area (Å²) >= 11 is 3.32. The molecule has 21 heavy (non-hydrogen) atoms. The second-order valence-electron chi connectivity index (χ2n) is 4.95. The van der Waals surface area contributed by atoms with E-state index in [4.69, 9.17) is 4.74 Å². The minimum absolute atomic E-state index is 0.0286. The third-order valence-corrected chi connectivity index (χ3v) is 3.54. The number of benzene rings is 1. The Morgan fingerprint density at radius 2 is 2.00 bits per heavy atom. The smallest absolute Gasteiger partial charge is 0.325 e. The lowest BCUT2D eigenvalue weighted by Crippen LogP contribution is -2.33. The molecular formula is C16H22BrNO3. The Morgan fingerprint density at radius 3 is 2.67 bits per heavy atom. The normalized spacial score (nSPS) is 10.2. The van der Waals surface area contributed by atoms with E-state index < -0.39 is 0 Å². The Morgan fingerprint density at radius 1 is 1.24 bits per heavy atom. The van der Waals surface area contributed by atoms with Crippen LogP contribution in [-0.2, 0) is 9.53 Å². The highest BCUT2D eigenvalue weighted by atomic mass is 79.9. The van der Waals surface area contributed by atoms with Crippen molar-refractivity contribution in [2.45, 2.75) is 32.6 Å². The van der Waals surface area contributed by atoms with Crippen molar-refractivity contribution < 1.29 is 14.3 Å². The Labute approximate surface area is 134 Å². The van der Waals surface area contributed by atoms with Crippen molar-refractivity contribution in [2.24, 2.45) is 0 Å². The highest BCUT2D eigenvalue weighted by molar-refractivity contribution is 9.10. The molecule has 0 N–H and O–H groups in total. The van der Waals surface area contributed by atoms with Crippen molar-refractivity contribution in [3.63, 3.8) is 0 Å². The van der Waals surface area contributed by atoms with Gasteiger partial charge in [-0.25, -0.2) is 0 Å². The molecular weight excluding hydrogens is 334 g/mol. The molecule has 0 aliphatic carbocycles. The van der Waals surface area contributed by atoms with E-state index >= 15 is 0 Å². The first-order valence-corrected chi connectivity index (χ1v) is 8.00. The van der Waals surface area contributed by atoms with E-state index in [2.05, 4.69) is 22.9 Å². The number of rotatable bonds is 8. The van der Waals surface area contributed by atoms with Gasteiger partial charge >= 0.3 is 5.97 Å². The maximum atomic E-state index is 12.1. The molecule has 1 aromatic carbocycles. The van der Waals surface area contributed by atoms with Crippen molar-refractivity contribution in [3.8, 4) is 0 Å². The predicted octanol–water partition coefficient (Wildman–Crippen LogP) is 3.64. The van der Waals surface area contributed by atoms with Crippen molar-refractivity contribution in [1.82, 2.24) is 4.90 Å². The fourth-order valence-corrected chi connectivity index (χ4v) is 2.27. The maximum Gasteiger partial charge on any atom is 0.325 e. The number of ether oxygens (including phenoxy) is 1. The summed E-state index contributed by atoms with van der Waals surface area (Å²) in [6.45, 7) is 2.53. The Kier molecular flexibility index (Phi) is 8.05. The standard InChI is InChI=1S/C16H22BrNO3/c1-3-4-5-6-10-21-15(19)12-18(2)16(20)13-8-7-9-14(17)11-13/h7-9,11H,3-6,10,12H2,1-2H3. The van der Waals surface area contributed by atoms with Gasteiger partial charge in [0.05, 0.1) is 6.61 Å². The molecule has 1 aromatic rings. The number of amides is 1. The molecule has 0 radical (unpaired) electrons. The molecule has 0 aliphatic heterocycles. The number of unbranched alkanes of at least 4 members (excludes halogenated alkanes) is 3. The first kappa shape index (κ1) is 17.7. The van der Waals surface area contributed by atoms with Crippen LogP contribution in [0.15, 0.2) is 28.7 Å². The Bertz CT molecular complexity index is 476. The second kappa shape index (κ2) is 9.55. The van der Waals surface area contributed by atoms with Gasteiger partial charge in [-0.15, -0.1) is 0 Å². The third kappa shape index (κ3) is 6.76. The van der Waals surface area contributed by atoms with E-state index in [-0.39, 0.29) is 18.4 Å². The molecule has 0 aliphatic rings. The van der Waals surface area contributed by atoms with Gasteiger partial charge in [0.15, 0.2) is 0 Å². The first-order valence-electron chi connectivity index (χ1n) is 7.21. The third-order valence-electron chi connectivity index (χ3n) is 3.05. The largest absolute Gasteiger partial charge is 0.464 e. The summed E-state index contributed by atoms with van der Waals surface area (Å²) < 4.78 is 5.96. The lowest BCUT2D eigenvalue weighted by molar-refractivity contribution is -0.144. The lowest BCUT2D eigenvalue weighted by atomic mass is 10.2. The van der Waals surface area contributed by atoms with Crippen molar-refractivity contribution >= 4 is 27.8 Å². The van der Waals surface area contributed by atoms with Gasteiger partial charge in [-0.2, -0.15) is 0 Å². The van der Waals surface area contributed by atoms with E-state index in [0.29, 0.717) is 12.2 Å². The fourth-order valence-electron chi connectivity index (χ4n) is 1.87. The molecule has 0 unspecified atom stereocenters. The number of hydrogen-bond acceptors (Lipinski definition) is 3. The van der Waals surface area contributed by atoms with E-state index in [1.54, 1.807) is 25.2 Å². The molecule has 0 saturated carbocycles. The summed E-state index contributed by atoms with van der Waals surface area (Å²) in [5.74, 6) is -0.559. The van der Waals surface area contributed by atoms with Crippen LogP contribution in [0.1, 0.15) is 43.0 Å². The Balaban J connectivity index is 2.36. The summed E-state index contributed by atoms with van der Waals surface area (Å²) in [4.78, 5) is 25.2. The molecule has 0 saturated heterocycles. The molecule has 0 spiro atoms. The fraction of sp³-hybridized carbons (Fsp3) is 0.500. The van der Waals surface area contributed by atoms with E-state index in [1.807, 2.05) is 6.07 Å². The van der Waals surface area contributed by atoms with Gasteiger partial charge in [0.1, 0.15) is 6.54 Å². The van der Waals surface area contributed by atoms with Gasteiger partial charge in [-0.05, 0) is 24.6 Å². The number of carbonyl (C=O) groups is 2. The maximum absolute atomic E-state index is 12.1. The van der Waals surface area contributed by atoms with Gasteiger partial charge < -0.3 is 9.64 Å². The number of nitrogens with zero attached hydrogens (tertiary/aromatic N) is 1. The van der Waals surface area contributed by atoms with Crippen LogP contribution in [0.4, 0.5) is 0 Å². The highest BCUT2D eigenvalue weighted by Gasteiger charge is 2.15. The van der Waals surface area contributed by atoms with Crippen LogP contribution in [0.5, 0.6) is 0 Å². The number of halogens is 1. The lowest BCUT2D eigenvalue weighted by Gasteiger charge is -2.16. The van der Waals surface area contributed by atoms with Crippen LogP contribution < -0.4 is 0 Å². The number of carbonyl (C=O) groups excluding carboxylic acids is 2. The molecule has 0 bridgehead atoms. The van der Waals surface area contributed by atoms with Gasteiger partial charge in [0, 0.05) is 17.1 Å². The summed E-state index contributed by atoms with van der Waals surface area (Å²) in [5.41, 5.74) is 0.544. The van der Waals surface area contributed by atoms with E-state index in [0.717, 1.165) is 30.2 Å². The number of hydrogen-bond donors (Lipinski definition) is 0. The van der Waals surface area contributed by atoms with Gasteiger partial charge in [0.2, 0.25) is 0 Å². The van der Waals surface area contributed by atoms with Crippen LogP contribution in [-0.4, -0.2) is 37.0 Å². The van der Waals surface area contributed by atoms with E-state index in [1.165, 1.54) is 4.90 Å². The van der Waals surface area contributed by atoms with Gasteiger partial charge in [-0.3, -0.25) is 9.59 Å². The van der Waals surface area contributed by atoms with Crippen LogP contribution in [0, 0.1) is 0 Å². The molecule has 5 heteroatoms. The van der Waals surface area contributed by atoms with Crippen LogP contribution in [0.2, 0.25) is 0 Å². The average Bonchev–Trinajstić information content (AvgIpc) is 2.46. The summed E-state index contributed by atoms with van der Waals surface area (Å²) in [7, 11) is 1.60. The Hall–Kier alpha value is -1.36. The zero-order chi connectivity index (χ0) is 15.7. The molecule has 0 atom stereocenters. The molecule has 1 rings (SSSR count). The molecule has 0 aromatic heterocycles. The van der Waals surface area contributed by atoms with Crippen LogP contribution in [0.3, 0.4) is 0 Å². The van der Waals surface area contributed by atoms with Crippen molar-refractivity contribution in [3.05, 3.63) is 34.3 Å². The topological polar surface area (TPSA) is 46.6 Å². The monoisotopic (exact) mass is 355 g/mol. The van der Waals surface area contributed by atoms with Crippen LogP contribution in [0.25, 0.3) is 0 Å². The number of likely N-dealkylation sites (N-methyl/N-ethyl adjacent to an activating group) is 1. The zero-order valence-electron chi connectivity index (χ0n) is 12.6. The highest BCUT2D eigenvalue weighted by Crippen LogP contribution is 2.13. The van der Waals surface area contributed by atoms with Crippen LogP contribution >= 0.6 is 15.9 Å². The summed E-state index contributed by atoms with van der Waals surface area (Å²) in [6.07, 6.45) is 4.25. The van der Waals surface area contributed by atoms with Gasteiger partial charge in [-0.1, -0.05) is 48.2 Å². The van der Waals surface area contributed by atoms with E-state index in [9.17, 15) is 9.59 Å². The summed E-state index contributed by atoms with van der Waals surface area (Å²) in [5, 5.41) is 0. The first-order chi connectivity index (χ1) is 10.0. The van der Waals surface area contributed by atoms with Crippen molar-refractivity contribution in [2.75, 3.05) is 20.2 Å².